The van der Waals surface area contributed by atoms with Gasteiger partial charge in [-0.2, -0.15) is 0 Å². The Morgan fingerprint density at radius 1 is 1.44 bits per heavy atom. The number of rotatable bonds is 5. The minimum absolute atomic E-state index is 0.124. The lowest BCUT2D eigenvalue weighted by Gasteiger charge is -2.06. The number of hydrogen-bond acceptors (Lipinski definition) is 3. The Hall–Kier alpha value is -2.01. The maximum absolute atomic E-state index is 8.65. The molecular weight excluding hydrogens is 230 g/mol. The number of nitrogens with two attached hydrogens (primary N) is 1. The number of hydrogen-bond donors (Lipinski definition) is 2. The van der Waals surface area contributed by atoms with Crippen molar-refractivity contribution in [3.63, 3.8) is 0 Å². The van der Waals surface area contributed by atoms with Crippen molar-refractivity contribution in [2.24, 2.45) is 10.9 Å². The first-order valence-corrected chi connectivity index (χ1v) is 5.90. The molecule has 18 heavy (non-hydrogen) atoms. The van der Waals surface area contributed by atoms with Crippen molar-refractivity contribution in [3.05, 3.63) is 36.0 Å². The zero-order valence-electron chi connectivity index (χ0n) is 10.3. The SMILES string of the molecule is CCOCCn1ccc2cc(/C(N)=N/O)ccc21. The highest BCUT2D eigenvalue weighted by Gasteiger charge is 2.04. The topological polar surface area (TPSA) is 72.8 Å². The average molecular weight is 247 g/mol. The van der Waals surface area contributed by atoms with E-state index in [1.165, 1.54) is 0 Å². The smallest absolute Gasteiger partial charge is 0.170 e. The zero-order valence-corrected chi connectivity index (χ0v) is 10.3. The summed E-state index contributed by atoms with van der Waals surface area (Å²) in [4.78, 5) is 0. The highest BCUT2D eigenvalue weighted by atomic mass is 16.5. The number of benzene rings is 1. The van der Waals surface area contributed by atoms with Crippen molar-refractivity contribution in [3.8, 4) is 0 Å². The number of oxime groups is 1. The lowest BCUT2D eigenvalue weighted by molar-refractivity contribution is 0.140. The summed E-state index contributed by atoms with van der Waals surface area (Å²) in [5.41, 5.74) is 7.39. The standard InChI is InChI=1S/C13H17N3O2/c1-2-18-8-7-16-6-5-10-9-11(13(14)15-17)3-4-12(10)16/h3-6,9,17H,2,7-8H2,1H3,(H2,14,15). The van der Waals surface area contributed by atoms with Gasteiger partial charge in [-0.05, 0) is 31.2 Å². The van der Waals surface area contributed by atoms with Gasteiger partial charge >= 0.3 is 0 Å². The summed E-state index contributed by atoms with van der Waals surface area (Å²) in [6.45, 7) is 4.23. The van der Waals surface area contributed by atoms with Crippen LogP contribution in [-0.4, -0.2) is 28.8 Å². The Balaban J connectivity index is 2.26. The first-order valence-electron chi connectivity index (χ1n) is 5.90. The largest absolute Gasteiger partial charge is 0.409 e. The highest BCUT2D eigenvalue weighted by Crippen LogP contribution is 2.17. The Kier molecular flexibility index (Phi) is 3.84. The van der Waals surface area contributed by atoms with Gasteiger partial charge in [-0.25, -0.2) is 0 Å². The fraction of sp³-hybridized carbons (Fsp3) is 0.308. The summed E-state index contributed by atoms with van der Waals surface area (Å²) in [6.07, 6.45) is 2.01. The molecule has 1 heterocycles. The van der Waals surface area contributed by atoms with Crippen molar-refractivity contribution in [2.75, 3.05) is 13.2 Å². The molecule has 1 aromatic heterocycles. The molecule has 2 aromatic rings. The van der Waals surface area contributed by atoms with Crippen LogP contribution in [0.3, 0.4) is 0 Å². The third kappa shape index (κ3) is 2.46. The highest BCUT2D eigenvalue weighted by molar-refractivity contribution is 6.00. The molecule has 0 bridgehead atoms. The monoisotopic (exact) mass is 247 g/mol. The van der Waals surface area contributed by atoms with Crippen LogP contribution in [0.4, 0.5) is 0 Å². The lowest BCUT2D eigenvalue weighted by atomic mass is 10.1. The van der Waals surface area contributed by atoms with Gasteiger partial charge in [0.2, 0.25) is 0 Å². The number of amidine groups is 1. The van der Waals surface area contributed by atoms with Gasteiger partial charge in [0.25, 0.3) is 0 Å². The minimum atomic E-state index is 0.124. The second-order valence-corrected chi connectivity index (χ2v) is 3.96. The molecule has 96 valence electrons. The van der Waals surface area contributed by atoms with Gasteiger partial charge in [-0.15, -0.1) is 0 Å². The van der Waals surface area contributed by atoms with Gasteiger partial charge in [-0.1, -0.05) is 5.16 Å². The zero-order chi connectivity index (χ0) is 13.0. The van der Waals surface area contributed by atoms with Crippen LogP contribution in [0, 0.1) is 0 Å². The van der Waals surface area contributed by atoms with Gasteiger partial charge in [0.05, 0.1) is 6.61 Å². The second-order valence-electron chi connectivity index (χ2n) is 3.96. The molecule has 5 nitrogen and oxygen atoms in total. The van der Waals surface area contributed by atoms with E-state index in [9.17, 15) is 0 Å². The molecule has 0 aliphatic heterocycles. The van der Waals surface area contributed by atoms with Gasteiger partial charge in [-0.3, -0.25) is 0 Å². The number of nitrogens with zero attached hydrogens (tertiary/aromatic N) is 2. The molecule has 1 aromatic carbocycles. The molecule has 0 amide bonds. The number of fused-ring (bicyclic) bond motifs is 1. The Morgan fingerprint density at radius 3 is 3.00 bits per heavy atom. The summed E-state index contributed by atoms with van der Waals surface area (Å²) < 4.78 is 7.47. The van der Waals surface area contributed by atoms with E-state index in [2.05, 4.69) is 9.72 Å². The molecular formula is C13H17N3O2. The van der Waals surface area contributed by atoms with Crippen LogP contribution in [0.25, 0.3) is 10.9 Å². The molecule has 0 saturated carbocycles. The summed E-state index contributed by atoms with van der Waals surface area (Å²) in [6, 6.07) is 7.72. The van der Waals surface area contributed by atoms with E-state index >= 15 is 0 Å². The van der Waals surface area contributed by atoms with Crippen molar-refractivity contribution >= 4 is 16.7 Å². The van der Waals surface area contributed by atoms with E-state index in [0.29, 0.717) is 12.2 Å². The predicted molar refractivity (Wildman–Crippen MR) is 70.9 cm³/mol. The van der Waals surface area contributed by atoms with Crippen LogP contribution in [0.15, 0.2) is 35.6 Å². The third-order valence-corrected chi connectivity index (χ3v) is 2.86. The number of ether oxygens (including phenoxy) is 1. The van der Waals surface area contributed by atoms with Crippen molar-refractivity contribution in [1.29, 1.82) is 0 Å². The van der Waals surface area contributed by atoms with Crippen LogP contribution in [0.2, 0.25) is 0 Å². The van der Waals surface area contributed by atoms with E-state index in [1.807, 2.05) is 37.4 Å². The molecule has 2 rings (SSSR count). The Morgan fingerprint density at radius 2 is 2.28 bits per heavy atom. The summed E-state index contributed by atoms with van der Waals surface area (Å²) >= 11 is 0. The molecule has 0 unspecified atom stereocenters. The van der Waals surface area contributed by atoms with E-state index < -0.39 is 0 Å². The predicted octanol–water partition coefficient (Wildman–Crippen LogP) is 1.77. The molecule has 0 spiro atoms. The maximum atomic E-state index is 8.65. The molecule has 0 aliphatic rings. The fourth-order valence-corrected chi connectivity index (χ4v) is 1.92. The Bertz CT molecular complexity index is 560. The normalized spacial score (nSPS) is 12.2. The number of aromatic nitrogens is 1. The second kappa shape index (κ2) is 5.55. The Labute approximate surface area is 105 Å². The summed E-state index contributed by atoms with van der Waals surface area (Å²) in [7, 11) is 0. The minimum Gasteiger partial charge on any atom is -0.409 e. The van der Waals surface area contributed by atoms with Crippen molar-refractivity contribution in [2.45, 2.75) is 13.5 Å². The van der Waals surface area contributed by atoms with Crippen molar-refractivity contribution in [1.82, 2.24) is 4.57 Å². The molecule has 5 heteroatoms. The van der Waals surface area contributed by atoms with Gasteiger partial charge < -0.3 is 20.2 Å². The van der Waals surface area contributed by atoms with Gasteiger partial charge in [0.15, 0.2) is 5.84 Å². The summed E-state index contributed by atoms with van der Waals surface area (Å²) in [5, 5.41) is 12.7. The van der Waals surface area contributed by atoms with E-state index in [0.717, 1.165) is 24.1 Å². The van der Waals surface area contributed by atoms with Crippen LogP contribution < -0.4 is 5.73 Å². The third-order valence-electron chi connectivity index (χ3n) is 2.86. The quantitative estimate of drug-likeness (QED) is 0.278. The summed E-state index contributed by atoms with van der Waals surface area (Å²) in [5.74, 6) is 0.124. The molecule has 0 fully saturated rings. The molecule has 0 aliphatic carbocycles. The van der Waals surface area contributed by atoms with Crippen LogP contribution in [0.5, 0.6) is 0 Å². The van der Waals surface area contributed by atoms with Crippen LogP contribution in [-0.2, 0) is 11.3 Å². The van der Waals surface area contributed by atoms with E-state index in [-0.39, 0.29) is 5.84 Å². The lowest BCUT2D eigenvalue weighted by Crippen LogP contribution is -2.12. The molecule has 3 N–H and O–H groups in total. The van der Waals surface area contributed by atoms with Gasteiger partial charge in [0.1, 0.15) is 0 Å². The first-order chi connectivity index (χ1) is 8.76. The molecule has 0 atom stereocenters. The van der Waals surface area contributed by atoms with E-state index in [1.54, 1.807) is 0 Å². The fourth-order valence-electron chi connectivity index (χ4n) is 1.92. The average Bonchev–Trinajstić information content (AvgIpc) is 2.80. The van der Waals surface area contributed by atoms with E-state index in [4.69, 9.17) is 15.7 Å². The molecule has 0 radical (unpaired) electrons. The van der Waals surface area contributed by atoms with Crippen LogP contribution in [0.1, 0.15) is 12.5 Å². The van der Waals surface area contributed by atoms with Gasteiger partial charge in [0, 0.05) is 35.8 Å². The maximum Gasteiger partial charge on any atom is 0.170 e. The van der Waals surface area contributed by atoms with Crippen molar-refractivity contribution < 1.29 is 9.94 Å². The van der Waals surface area contributed by atoms with Crippen LogP contribution >= 0.6 is 0 Å². The first kappa shape index (κ1) is 12.4. The molecule has 0 saturated heterocycles.